The van der Waals surface area contributed by atoms with Gasteiger partial charge in [0.15, 0.2) is 12.1 Å². The van der Waals surface area contributed by atoms with E-state index in [9.17, 15) is 18.4 Å². The molecule has 3 nitrogen and oxygen atoms in total. The summed E-state index contributed by atoms with van der Waals surface area (Å²) in [6.45, 7) is 1.09. The molecule has 1 rings (SSSR count). The summed E-state index contributed by atoms with van der Waals surface area (Å²) >= 11 is 0. The highest BCUT2D eigenvalue weighted by Gasteiger charge is 2.20. The number of hydrogen-bond donors (Lipinski definition) is 1. The van der Waals surface area contributed by atoms with Crippen LogP contribution in [0.4, 0.5) is 8.78 Å². The average Bonchev–Trinajstić information content (AvgIpc) is 2.15. The summed E-state index contributed by atoms with van der Waals surface area (Å²) in [6.07, 6.45) is -2.64. The molecule has 80 valence electrons. The molecule has 1 aromatic rings. The van der Waals surface area contributed by atoms with Crippen LogP contribution in [0.15, 0.2) is 12.1 Å². The number of carbonyl (C=O) groups excluding carboxylic acids is 2. The van der Waals surface area contributed by atoms with Gasteiger partial charge in [0.05, 0.1) is 0 Å². The Bertz CT molecular complexity index is 413. The molecule has 1 aromatic carbocycles. The van der Waals surface area contributed by atoms with Gasteiger partial charge in [0.2, 0.25) is 0 Å². The largest absolute Gasteiger partial charge is 0.508 e. The normalized spacial score (nSPS) is 10.4. The van der Waals surface area contributed by atoms with Crippen molar-refractivity contribution in [2.45, 2.75) is 13.3 Å². The topological polar surface area (TPSA) is 54.4 Å². The van der Waals surface area contributed by atoms with Crippen LogP contribution >= 0.6 is 0 Å². The van der Waals surface area contributed by atoms with E-state index in [4.69, 9.17) is 5.11 Å². The predicted molar refractivity (Wildman–Crippen MR) is 48.5 cm³/mol. The second-order valence-corrected chi connectivity index (χ2v) is 2.97. The smallest absolute Gasteiger partial charge is 0.264 e. The van der Waals surface area contributed by atoms with Crippen molar-refractivity contribution in [2.24, 2.45) is 0 Å². The number of phenolic OH excluding ortho intramolecular Hbond substituents is 1. The zero-order chi connectivity index (χ0) is 11.6. The van der Waals surface area contributed by atoms with Crippen molar-refractivity contribution in [1.82, 2.24) is 0 Å². The predicted octanol–water partition coefficient (Wildman–Crippen LogP) is 2.34. The Balaban J connectivity index is 3.54. The van der Waals surface area contributed by atoms with Crippen molar-refractivity contribution in [2.75, 3.05) is 0 Å². The standard InChI is InChI=1S/C10H8F2O3/c1-5(14)9-6(4-13)2-7(15)3-8(9)10(11)12/h2-4,10,15H,1H3. The SMILES string of the molecule is CC(=O)c1c(C=O)cc(O)cc1C(F)F. The summed E-state index contributed by atoms with van der Waals surface area (Å²) in [7, 11) is 0. The summed E-state index contributed by atoms with van der Waals surface area (Å²) in [5.74, 6) is -1.09. The summed E-state index contributed by atoms with van der Waals surface area (Å²) in [5, 5.41) is 9.08. The number of carbonyl (C=O) groups is 2. The molecule has 0 amide bonds. The first-order chi connectivity index (χ1) is 6.97. The van der Waals surface area contributed by atoms with E-state index in [0.717, 1.165) is 19.1 Å². The molecule has 0 aliphatic rings. The van der Waals surface area contributed by atoms with Gasteiger partial charge in [-0.2, -0.15) is 0 Å². The van der Waals surface area contributed by atoms with E-state index in [1.165, 1.54) is 0 Å². The molecule has 15 heavy (non-hydrogen) atoms. The minimum Gasteiger partial charge on any atom is -0.508 e. The van der Waals surface area contributed by atoms with Crippen LogP contribution in [-0.4, -0.2) is 17.2 Å². The summed E-state index contributed by atoms with van der Waals surface area (Å²) < 4.78 is 25.0. The quantitative estimate of drug-likeness (QED) is 0.620. The minimum absolute atomic E-state index is 0.224. The van der Waals surface area contributed by atoms with Crippen molar-refractivity contribution in [3.8, 4) is 5.75 Å². The Hall–Kier alpha value is -1.78. The van der Waals surface area contributed by atoms with Crippen molar-refractivity contribution in [3.63, 3.8) is 0 Å². The van der Waals surface area contributed by atoms with Gasteiger partial charge in [0.25, 0.3) is 6.43 Å². The first-order valence-corrected chi connectivity index (χ1v) is 4.08. The maximum atomic E-state index is 12.5. The maximum absolute atomic E-state index is 12.5. The molecule has 0 atom stereocenters. The fraction of sp³-hybridized carbons (Fsp3) is 0.200. The molecular weight excluding hydrogens is 206 g/mol. The Kier molecular flexibility index (Phi) is 3.14. The van der Waals surface area contributed by atoms with Crippen LogP contribution in [0.25, 0.3) is 0 Å². The molecule has 0 unspecified atom stereocenters. The lowest BCUT2D eigenvalue weighted by Gasteiger charge is -2.09. The van der Waals surface area contributed by atoms with Crippen molar-refractivity contribution in [3.05, 3.63) is 28.8 Å². The van der Waals surface area contributed by atoms with E-state index in [2.05, 4.69) is 0 Å². The van der Waals surface area contributed by atoms with Crippen LogP contribution in [-0.2, 0) is 0 Å². The molecule has 0 saturated carbocycles. The fourth-order valence-corrected chi connectivity index (χ4v) is 1.34. The van der Waals surface area contributed by atoms with E-state index < -0.39 is 23.5 Å². The lowest BCUT2D eigenvalue weighted by Crippen LogP contribution is -2.05. The third-order valence-corrected chi connectivity index (χ3v) is 1.90. The van der Waals surface area contributed by atoms with Gasteiger partial charge >= 0.3 is 0 Å². The Morgan fingerprint density at radius 2 is 2.07 bits per heavy atom. The summed E-state index contributed by atoms with van der Waals surface area (Å²) in [4.78, 5) is 21.6. The minimum atomic E-state index is -2.91. The highest BCUT2D eigenvalue weighted by molar-refractivity contribution is 6.03. The number of Topliss-reactive ketones (excluding diaryl/α,β-unsaturated/α-hetero) is 1. The lowest BCUT2D eigenvalue weighted by molar-refractivity contribution is 0.0990. The highest BCUT2D eigenvalue weighted by Crippen LogP contribution is 2.29. The first-order valence-electron chi connectivity index (χ1n) is 4.08. The summed E-state index contributed by atoms with van der Waals surface area (Å²) in [6, 6.07) is 1.77. The molecule has 0 aliphatic heterocycles. The third-order valence-electron chi connectivity index (χ3n) is 1.90. The molecule has 0 saturated heterocycles. The number of aromatic hydroxyl groups is 1. The molecule has 0 aliphatic carbocycles. The van der Waals surface area contributed by atoms with Crippen molar-refractivity contribution >= 4 is 12.1 Å². The molecular formula is C10H8F2O3. The van der Waals surface area contributed by atoms with E-state index in [1.807, 2.05) is 0 Å². The van der Waals surface area contributed by atoms with E-state index in [0.29, 0.717) is 0 Å². The number of halogens is 2. The van der Waals surface area contributed by atoms with Crippen LogP contribution in [0, 0.1) is 0 Å². The van der Waals surface area contributed by atoms with Gasteiger partial charge in [0, 0.05) is 16.7 Å². The fourth-order valence-electron chi connectivity index (χ4n) is 1.34. The van der Waals surface area contributed by atoms with Gasteiger partial charge < -0.3 is 5.11 Å². The van der Waals surface area contributed by atoms with Gasteiger partial charge in [-0.15, -0.1) is 0 Å². The number of rotatable bonds is 3. The van der Waals surface area contributed by atoms with Crippen LogP contribution in [0.2, 0.25) is 0 Å². The number of alkyl halides is 2. The molecule has 5 heteroatoms. The van der Waals surface area contributed by atoms with Gasteiger partial charge in [-0.3, -0.25) is 9.59 Å². The monoisotopic (exact) mass is 214 g/mol. The van der Waals surface area contributed by atoms with E-state index >= 15 is 0 Å². The number of phenols is 1. The molecule has 1 N–H and O–H groups in total. The van der Waals surface area contributed by atoms with Crippen LogP contribution in [0.3, 0.4) is 0 Å². The molecule has 0 heterocycles. The van der Waals surface area contributed by atoms with E-state index in [1.54, 1.807) is 0 Å². The molecule has 0 fully saturated rings. The van der Waals surface area contributed by atoms with Gasteiger partial charge in [-0.1, -0.05) is 0 Å². The van der Waals surface area contributed by atoms with Crippen molar-refractivity contribution in [1.29, 1.82) is 0 Å². The third kappa shape index (κ3) is 2.18. The Labute approximate surface area is 84.3 Å². The molecule has 0 aromatic heterocycles. The molecule has 0 spiro atoms. The van der Waals surface area contributed by atoms with Crippen LogP contribution in [0.5, 0.6) is 5.75 Å². The summed E-state index contributed by atoms with van der Waals surface area (Å²) in [5.41, 5.74) is -1.18. The maximum Gasteiger partial charge on any atom is 0.264 e. The number of hydrogen-bond acceptors (Lipinski definition) is 3. The first kappa shape index (κ1) is 11.3. The second-order valence-electron chi connectivity index (χ2n) is 2.97. The number of aldehydes is 1. The number of ketones is 1. The molecule has 0 radical (unpaired) electrons. The lowest BCUT2D eigenvalue weighted by atomic mass is 9.98. The Morgan fingerprint density at radius 1 is 1.47 bits per heavy atom. The van der Waals surface area contributed by atoms with Crippen molar-refractivity contribution < 1.29 is 23.5 Å². The van der Waals surface area contributed by atoms with E-state index in [-0.39, 0.29) is 17.4 Å². The highest BCUT2D eigenvalue weighted by atomic mass is 19.3. The molecule has 0 bridgehead atoms. The van der Waals surface area contributed by atoms with Gasteiger partial charge in [-0.05, 0) is 19.1 Å². The Morgan fingerprint density at radius 3 is 2.47 bits per heavy atom. The zero-order valence-electron chi connectivity index (χ0n) is 7.83. The van der Waals surface area contributed by atoms with Crippen LogP contribution < -0.4 is 0 Å². The van der Waals surface area contributed by atoms with Gasteiger partial charge in [0.1, 0.15) is 5.75 Å². The average molecular weight is 214 g/mol. The second kappa shape index (κ2) is 4.16. The van der Waals surface area contributed by atoms with Gasteiger partial charge in [-0.25, -0.2) is 8.78 Å². The zero-order valence-corrected chi connectivity index (χ0v) is 7.83. The number of benzene rings is 1. The van der Waals surface area contributed by atoms with Crippen LogP contribution in [0.1, 0.15) is 39.6 Å².